The molecule has 0 saturated carbocycles. The molecule has 114 heavy (non-hydrogen) atoms. The van der Waals surface area contributed by atoms with Gasteiger partial charge in [-0.3, -0.25) is 4.79 Å². The first kappa shape index (κ1) is 97.4. The number of aliphatic hydroxyl groups excluding tert-OH is 3. The highest BCUT2D eigenvalue weighted by molar-refractivity contribution is 7.96. The third-order valence-electron chi connectivity index (χ3n) is 21.8. The zero-order valence-corrected chi connectivity index (χ0v) is 74.8. The topological polar surface area (TPSA) is 115 Å². The first-order valence-electron chi connectivity index (χ1n) is 40.9. The lowest BCUT2D eigenvalue weighted by Crippen LogP contribution is -3.00. The molecule has 3 aliphatic heterocycles. The maximum atomic E-state index is 10.5. The van der Waals surface area contributed by atoms with Crippen LogP contribution in [-0.2, 0) is 19.0 Å². The van der Waals surface area contributed by atoms with Gasteiger partial charge in [0.05, 0.1) is 68.8 Å². The minimum Gasteiger partial charge on any atom is -1.00 e. The molecule has 612 valence electrons. The van der Waals surface area contributed by atoms with Gasteiger partial charge < -0.3 is 54.3 Å². The lowest BCUT2D eigenvalue weighted by Gasteiger charge is -2.35. The largest absolute Gasteiger partial charge is 1.00 e. The van der Waals surface area contributed by atoms with E-state index in [1.165, 1.54) is 101 Å². The summed E-state index contributed by atoms with van der Waals surface area (Å²) in [6, 6.07) is 66.3. The van der Waals surface area contributed by atoms with E-state index in [-0.39, 0.29) is 59.4 Å². The molecule has 3 heterocycles. The van der Waals surface area contributed by atoms with E-state index in [2.05, 4.69) is 347 Å². The Morgan fingerprint density at radius 3 is 0.816 bits per heavy atom. The number of aldehydes is 1. The molecule has 0 amide bonds. The average Bonchev–Trinajstić information content (AvgIpc) is 1.16. The van der Waals surface area contributed by atoms with Crippen molar-refractivity contribution in [3.05, 3.63) is 334 Å². The first-order chi connectivity index (χ1) is 53.6. The second-order valence-electron chi connectivity index (χ2n) is 33.0. The van der Waals surface area contributed by atoms with Gasteiger partial charge in [0.15, 0.2) is 0 Å². The second kappa shape index (κ2) is 48.5. The van der Waals surface area contributed by atoms with Crippen LogP contribution in [0.3, 0.4) is 0 Å². The number of aliphatic hydroxyl groups is 3. The molecule has 6 aromatic carbocycles. The Morgan fingerprint density at radius 2 is 0.596 bits per heavy atom. The quantitative estimate of drug-likeness (QED) is 0.0182. The Labute approximate surface area is 702 Å². The molecule has 0 bridgehead atoms. The van der Waals surface area contributed by atoms with Gasteiger partial charge in [-0.1, -0.05) is 290 Å². The van der Waals surface area contributed by atoms with Crippen molar-refractivity contribution in [1.82, 2.24) is 0 Å². The summed E-state index contributed by atoms with van der Waals surface area (Å²) in [5.74, 6) is 0. The molecule has 6 atom stereocenters. The third kappa shape index (κ3) is 31.0. The van der Waals surface area contributed by atoms with Gasteiger partial charge in [0.1, 0.15) is 52.6 Å². The number of benzene rings is 6. The normalized spacial score (nSPS) is 21.4. The van der Waals surface area contributed by atoms with Crippen LogP contribution in [0.15, 0.2) is 334 Å². The molecule has 11 heteroatoms. The zero-order chi connectivity index (χ0) is 81.3. The monoisotopic (exact) mass is 1610 g/mol. The number of epoxide rings is 3. The maximum absolute atomic E-state index is 10.5. The van der Waals surface area contributed by atoms with E-state index in [0.717, 1.165) is 82.5 Å². The van der Waals surface area contributed by atoms with Gasteiger partial charge in [0.25, 0.3) is 0 Å². The van der Waals surface area contributed by atoms with Gasteiger partial charge in [-0.05, 0) is 237 Å². The van der Waals surface area contributed by atoms with Crippen LogP contribution in [0.5, 0.6) is 0 Å². The SMILES string of the molecule is CC1=C(/C=C/C(C)=C/C=C/C(C)=C/C=C/C=C(\C)C=O)C(C)(C)C[C@H](O)C1.CC1=C(/C=C/C(C)=C/C[P+](c2ccccc2)(c2ccccc2)c2ccccc2)C(C)(C)C[C@@H](O)C1.CC1=C(/C=C/C(C)=C/C[P+](c2ccccc2)(c2ccccc2)c2ccccc2)C(C)(C)C[C@H](O)C1.CCC1CO1.CCC1CO1.CCC1CO1.[Cl-].[Cl-]. The number of hydrogen-bond acceptors (Lipinski definition) is 7. The number of hydrogen-bond donors (Lipinski definition) is 3. The van der Waals surface area contributed by atoms with E-state index in [1.807, 2.05) is 31.2 Å². The number of halogens is 2. The molecule has 6 aromatic rings. The highest BCUT2D eigenvalue weighted by Crippen LogP contribution is 2.57. The predicted molar refractivity (Wildman–Crippen MR) is 486 cm³/mol. The van der Waals surface area contributed by atoms with Crippen LogP contribution in [0.25, 0.3) is 0 Å². The van der Waals surface area contributed by atoms with Gasteiger partial charge in [0, 0.05) is 0 Å². The lowest BCUT2D eigenvalue weighted by molar-refractivity contribution is -0.104. The van der Waals surface area contributed by atoms with Gasteiger partial charge >= 0.3 is 0 Å². The van der Waals surface area contributed by atoms with Crippen LogP contribution in [-0.4, -0.2) is 90.4 Å². The van der Waals surface area contributed by atoms with Gasteiger partial charge in [0.2, 0.25) is 0 Å². The predicted octanol–water partition coefficient (Wildman–Crippen LogP) is 16.5. The van der Waals surface area contributed by atoms with Gasteiger partial charge in [-0.25, -0.2) is 0 Å². The number of ether oxygens (including phenoxy) is 3. The van der Waals surface area contributed by atoms with Crippen LogP contribution >= 0.6 is 14.5 Å². The summed E-state index contributed by atoms with van der Waals surface area (Å²) in [7, 11) is -3.73. The standard InChI is InChI=1S/2C33H38OP.C25H34O2.3C4H8O.2ClH/c2*1-26(20-21-32-27(2)24-28(34)25-33(32,3)4)22-23-35(29-14-8-5-9-15-29,30-16-10-6-11-17-30)31-18-12-7-13-19-31;1-19(10-7-8-11-21(3)18-26)12-9-13-20(2)14-15-24-22(4)16-23(27)17-25(24,5)6;3*1-2-4-3-5-4;;/h2*5-22,28,34H,23-25H2,1-4H3;7-15,18,23,27H,16-17H2,1-6H3;3*4H,2-3H2,1H3;2*1H/q2*+1;;;;;;/p-2/b2*21-20+,26-22+;8-7+,12-9+,15-14+,19-10+,20-13+,21-11+;;;;;/t2*28-;23-;;;;;/m101...../s1. The Morgan fingerprint density at radius 1 is 0.368 bits per heavy atom. The summed E-state index contributed by atoms with van der Waals surface area (Å²) in [6.45, 7) is 39.6. The molecular formula is C103H134Cl2O7P2. The van der Waals surface area contributed by atoms with E-state index in [0.29, 0.717) is 23.9 Å². The molecule has 3 N–H and O–H groups in total. The summed E-state index contributed by atoms with van der Waals surface area (Å²) in [4.78, 5) is 10.5. The van der Waals surface area contributed by atoms with Crippen LogP contribution in [0.4, 0.5) is 0 Å². The van der Waals surface area contributed by atoms with Crippen molar-refractivity contribution in [3.8, 4) is 0 Å². The molecule has 3 unspecified atom stereocenters. The number of carbonyl (C=O) groups is 1. The molecule has 3 aliphatic carbocycles. The second-order valence-corrected chi connectivity index (χ2v) is 40.1. The molecule has 0 radical (unpaired) electrons. The van der Waals surface area contributed by atoms with Gasteiger partial charge in [-0.2, -0.15) is 0 Å². The summed E-state index contributed by atoms with van der Waals surface area (Å²) < 4.78 is 14.6. The van der Waals surface area contributed by atoms with Crippen LogP contribution in [0.2, 0.25) is 0 Å². The fourth-order valence-electron chi connectivity index (χ4n) is 15.3. The van der Waals surface area contributed by atoms with E-state index in [1.54, 1.807) is 13.0 Å². The van der Waals surface area contributed by atoms with Crippen molar-refractivity contribution >= 4 is 52.6 Å². The van der Waals surface area contributed by atoms with Crippen LogP contribution in [0, 0.1) is 16.2 Å². The molecule has 12 rings (SSSR count). The highest BCUT2D eigenvalue weighted by atomic mass is 35.5. The van der Waals surface area contributed by atoms with Crippen molar-refractivity contribution < 1.29 is 59.1 Å². The Bertz CT molecular complexity index is 3900. The summed E-state index contributed by atoms with van der Waals surface area (Å²) in [5.41, 5.74) is 13.5. The highest BCUT2D eigenvalue weighted by Gasteiger charge is 2.46. The Hall–Kier alpha value is -7.19. The molecule has 0 spiro atoms. The molecule has 3 saturated heterocycles. The number of allylic oxidation sites excluding steroid dienone is 23. The fourth-order valence-corrected chi connectivity index (χ4v) is 23.6. The Kier molecular flexibility index (Phi) is 41.4. The summed E-state index contributed by atoms with van der Waals surface area (Å²) in [5, 5.41) is 38.9. The molecule has 0 aromatic heterocycles. The van der Waals surface area contributed by atoms with Crippen molar-refractivity contribution in [2.24, 2.45) is 16.2 Å². The van der Waals surface area contributed by atoms with Crippen molar-refractivity contribution in [2.45, 2.75) is 212 Å². The van der Waals surface area contributed by atoms with Crippen molar-refractivity contribution in [1.29, 1.82) is 0 Å². The third-order valence-corrected chi connectivity index (χ3v) is 30.4. The zero-order valence-electron chi connectivity index (χ0n) is 71.5. The molecule has 7 nitrogen and oxygen atoms in total. The van der Waals surface area contributed by atoms with E-state index < -0.39 is 14.5 Å². The van der Waals surface area contributed by atoms with Crippen molar-refractivity contribution in [2.75, 3.05) is 32.1 Å². The van der Waals surface area contributed by atoms with E-state index in [4.69, 9.17) is 14.2 Å². The van der Waals surface area contributed by atoms with Gasteiger partial charge in [-0.15, -0.1) is 0 Å². The maximum Gasteiger partial charge on any atom is 0.145 e. The molecule has 3 fully saturated rings. The Balaban J connectivity index is 0.000000277. The van der Waals surface area contributed by atoms with E-state index >= 15 is 0 Å². The molecular weight excluding hydrogens is 1480 g/mol. The number of carbonyl (C=O) groups excluding carboxylic acids is 1. The van der Waals surface area contributed by atoms with Crippen LogP contribution < -0.4 is 56.6 Å². The number of rotatable bonds is 24. The van der Waals surface area contributed by atoms with E-state index in [9.17, 15) is 20.1 Å². The molecule has 6 aliphatic rings. The van der Waals surface area contributed by atoms with Crippen molar-refractivity contribution in [3.63, 3.8) is 0 Å². The minimum absolute atomic E-state index is 0. The fraction of sp³-hybridized carbons (Fsp3) is 0.388. The van der Waals surface area contributed by atoms with Crippen LogP contribution in [0.1, 0.15) is 175 Å². The smallest absolute Gasteiger partial charge is 0.145 e. The summed E-state index contributed by atoms with van der Waals surface area (Å²) >= 11 is 0. The minimum atomic E-state index is -1.86. The lowest BCUT2D eigenvalue weighted by atomic mass is 9.71. The average molecular weight is 1620 g/mol. The first-order valence-corrected chi connectivity index (χ1v) is 44.8. The summed E-state index contributed by atoms with van der Waals surface area (Å²) in [6.07, 6.45) is 44.5.